The largest absolute Gasteiger partial charge is 0.492 e. The number of hydrogen-bond acceptors (Lipinski definition) is 6. The monoisotopic (exact) mass is 419 g/mol. The average molecular weight is 420 g/mol. The number of carbonyl (C=O) groups is 1. The van der Waals surface area contributed by atoms with E-state index >= 15 is 0 Å². The van der Waals surface area contributed by atoms with Gasteiger partial charge in [0, 0.05) is 38.3 Å². The van der Waals surface area contributed by atoms with Gasteiger partial charge >= 0.3 is 0 Å². The van der Waals surface area contributed by atoms with Crippen LogP contribution in [0.5, 0.6) is 11.5 Å². The lowest BCUT2D eigenvalue weighted by molar-refractivity contribution is -0.132. The number of ether oxygens (including phenoxy) is 3. The highest BCUT2D eigenvalue weighted by Crippen LogP contribution is 2.39. The molecule has 2 aliphatic heterocycles. The molecular weight excluding hydrogens is 382 g/mol. The number of piperidine rings is 1. The summed E-state index contributed by atoms with van der Waals surface area (Å²) in [5.41, 5.74) is 1.81. The molecule has 2 saturated heterocycles. The van der Waals surface area contributed by atoms with E-state index in [1.165, 1.54) is 0 Å². The molecule has 2 heterocycles. The van der Waals surface area contributed by atoms with Crippen LogP contribution in [0.4, 0.5) is 11.4 Å². The number of nitrogens with zero attached hydrogens (tertiary/aromatic N) is 2. The molecule has 0 aliphatic carbocycles. The highest BCUT2D eigenvalue weighted by Gasteiger charge is 2.26. The van der Waals surface area contributed by atoms with Gasteiger partial charge in [-0.25, -0.2) is 0 Å². The van der Waals surface area contributed by atoms with Crippen LogP contribution in [0.3, 0.4) is 0 Å². The van der Waals surface area contributed by atoms with E-state index in [2.05, 4.69) is 17.1 Å². The van der Waals surface area contributed by atoms with E-state index in [0.717, 1.165) is 61.9 Å². The second-order valence-electron chi connectivity index (χ2n) is 8.16. The summed E-state index contributed by atoms with van der Waals surface area (Å²) < 4.78 is 17.4. The maximum atomic E-state index is 13.0. The van der Waals surface area contributed by atoms with Crippen molar-refractivity contribution in [2.45, 2.75) is 46.6 Å². The minimum absolute atomic E-state index is 0.138. The zero-order valence-electron chi connectivity index (χ0n) is 18.9. The Morgan fingerprint density at radius 2 is 1.73 bits per heavy atom. The Morgan fingerprint density at radius 1 is 1.10 bits per heavy atom. The molecule has 2 aliphatic rings. The van der Waals surface area contributed by atoms with Gasteiger partial charge in [-0.15, -0.1) is 0 Å². The van der Waals surface area contributed by atoms with Crippen LogP contribution in [-0.2, 0) is 9.53 Å². The minimum atomic E-state index is -0.332. The van der Waals surface area contributed by atoms with Crippen LogP contribution in [0.1, 0.15) is 40.5 Å². The highest BCUT2D eigenvalue weighted by molar-refractivity contribution is 5.85. The van der Waals surface area contributed by atoms with Gasteiger partial charge in [0.2, 0.25) is 5.91 Å². The van der Waals surface area contributed by atoms with Crippen molar-refractivity contribution in [2.75, 3.05) is 62.8 Å². The molecule has 0 aromatic heterocycles. The fraction of sp³-hybridized carbons (Fsp3) is 0.696. The summed E-state index contributed by atoms with van der Waals surface area (Å²) >= 11 is 0. The molecule has 0 spiro atoms. The molecule has 30 heavy (non-hydrogen) atoms. The number of likely N-dealkylation sites (tertiary alicyclic amines) is 1. The van der Waals surface area contributed by atoms with Gasteiger partial charge in [0.15, 0.2) is 0 Å². The van der Waals surface area contributed by atoms with E-state index in [4.69, 9.17) is 14.2 Å². The molecule has 2 fully saturated rings. The third kappa shape index (κ3) is 5.50. The van der Waals surface area contributed by atoms with Crippen LogP contribution in [0.25, 0.3) is 0 Å². The molecule has 0 saturated carbocycles. The predicted molar refractivity (Wildman–Crippen MR) is 120 cm³/mol. The second-order valence-corrected chi connectivity index (χ2v) is 8.16. The van der Waals surface area contributed by atoms with Crippen LogP contribution < -0.4 is 19.7 Å². The smallest absolute Gasteiger partial charge is 0.244 e. The van der Waals surface area contributed by atoms with Crippen LogP contribution in [0, 0.1) is 5.92 Å². The van der Waals surface area contributed by atoms with Crippen LogP contribution in [0.2, 0.25) is 0 Å². The minimum Gasteiger partial charge on any atom is -0.492 e. The van der Waals surface area contributed by atoms with Gasteiger partial charge in [0.25, 0.3) is 0 Å². The lowest BCUT2D eigenvalue weighted by atomic mass is 9.99. The Hall–Kier alpha value is -2.15. The molecule has 1 N–H and O–H groups in total. The summed E-state index contributed by atoms with van der Waals surface area (Å²) in [5.74, 6) is 2.38. The van der Waals surface area contributed by atoms with Crippen molar-refractivity contribution in [3.05, 3.63) is 12.1 Å². The molecule has 0 unspecified atom stereocenters. The van der Waals surface area contributed by atoms with Gasteiger partial charge < -0.3 is 29.3 Å². The Kier molecular flexibility index (Phi) is 8.08. The summed E-state index contributed by atoms with van der Waals surface area (Å²) in [5, 5.41) is 3.39. The zero-order valence-corrected chi connectivity index (χ0v) is 18.9. The van der Waals surface area contributed by atoms with E-state index in [1.807, 2.05) is 37.8 Å². The van der Waals surface area contributed by atoms with E-state index in [-0.39, 0.29) is 11.9 Å². The van der Waals surface area contributed by atoms with E-state index in [0.29, 0.717) is 32.3 Å². The van der Waals surface area contributed by atoms with Crippen LogP contribution in [-0.4, -0.2) is 69.5 Å². The van der Waals surface area contributed by atoms with Gasteiger partial charge in [-0.05, 0) is 39.5 Å². The number of carbonyl (C=O) groups excluding carboxylic acids is 1. The number of rotatable bonds is 8. The third-order valence-corrected chi connectivity index (χ3v) is 5.85. The van der Waals surface area contributed by atoms with Gasteiger partial charge in [-0.2, -0.15) is 0 Å². The summed E-state index contributed by atoms with van der Waals surface area (Å²) in [6.45, 7) is 14.0. The molecule has 1 atom stereocenters. The zero-order chi connectivity index (χ0) is 21.5. The van der Waals surface area contributed by atoms with Gasteiger partial charge in [-0.1, -0.05) is 6.92 Å². The molecule has 0 radical (unpaired) electrons. The van der Waals surface area contributed by atoms with Gasteiger partial charge in [0.1, 0.15) is 17.5 Å². The first kappa shape index (κ1) is 22.5. The molecule has 0 bridgehead atoms. The second kappa shape index (κ2) is 10.8. The van der Waals surface area contributed by atoms with Crippen LogP contribution in [0.15, 0.2) is 12.1 Å². The predicted octanol–water partition coefficient (Wildman–Crippen LogP) is 3.38. The Labute approximate surface area is 180 Å². The molecule has 168 valence electrons. The average Bonchev–Trinajstić information content (AvgIpc) is 2.76. The topological polar surface area (TPSA) is 63.3 Å². The quantitative estimate of drug-likeness (QED) is 0.697. The van der Waals surface area contributed by atoms with Crippen molar-refractivity contribution in [2.24, 2.45) is 5.92 Å². The fourth-order valence-corrected chi connectivity index (χ4v) is 4.06. The van der Waals surface area contributed by atoms with Gasteiger partial charge in [0.05, 0.1) is 37.8 Å². The Morgan fingerprint density at radius 3 is 2.37 bits per heavy atom. The number of benzene rings is 1. The van der Waals surface area contributed by atoms with Crippen molar-refractivity contribution in [1.82, 2.24) is 4.90 Å². The van der Waals surface area contributed by atoms with Crippen molar-refractivity contribution in [1.29, 1.82) is 0 Å². The molecule has 7 heteroatoms. The first-order valence-electron chi connectivity index (χ1n) is 11.3. The molecule has 1 amide bonds. The van der Waals surface area contributed by atoms with Crippen molar-refractivity contribution in [3.63, 3.8) is 0 Å². The number of amides is 1. The van der Waals surface area contributed by atoms with E-state index in [1.54, 1.807) is 0 Å². The highest BCUT2D eigenvalue weighted by atomic mass is 16.5. The maximum absolute atomic E-state index is 13.0. The summed E-state index contributed by atoms with van der Waals surface area (Å²) in [4.78, 5) is 17.2. The summed E-state index contributed by atoms with van der Waals surface area (Å²) in [7, 11) is 0. The Balaban J connectivity index is 1.81. The number of morpholine rings is 1. The standard InChI is InChI=1S/C23H37N3O4/c1-5-29-21-16-20(25-11-13-28-14-12-25)22(30-6-2)15-19(21)24-18(4)23(27)26-9-7-17(3)8-10-26/h15-18,24H,5-14H2,1-4H3/t18-/m0/s1. The third-order valence-electron chi connectivity index (χ3n) is 5.85. The summed E-state index contributed by atoms with van der Waals surface area (Å²) in [6.07, 6.45) is 2.15. The maximum Gasteiger partial charge on any atom is 0.244 e. The van der Waals surface area contributed by atoms with E-state index < -0.39 is 0 Å². The Bertz CT molecular complexity index is 698. The molecule has 1 aromatic carbocycles. The molecule has 3 rings (SSSR count). The number of nitrogens with one attached hydrogen (secondary N) is 1. The lowest BCUT2D eigenvalue weighted by Gasteiger charge is -2.33. The van der Waals surface area contributed by atoms with Crippen molar-refractivity contribution in [3.8, 4) is 11.5 Å². The SMILES string of the molecule is CCOc1cc(N2CCOCC2)c(OCC)cc1N[C@@H](C)C(=O)N1CCC(C)CC1. The first-order chi connectivity index (χ1) is 14.5. The molecule has 1 aromatic rings. The van der Waals surface area contributed by atoms with E-state index in [9.17, 15) is 4.79 Å². The van der Waals surface area contributed by atoms with Gasteiger partial charge in [-0.3, -0.25) is 4.79 Å². The fourth-order valence-electron chi connectivity index (χ4n) is 4.06. The number of hydrogen-bond donors (Lipinski definition) is 1. The normalized spacial score (nSPS) is 18.8. The van der Waals surface area contributed by atoms with Crippen LogP contribution >= 0.6 is 0 Å². The lowest BCUT2D eigenvalue weighted by Crippen LogP contribution is -2.45. The number of anilines is 2. The van der Waals surface area contributed by atoms with Crippen molar-refractivity contribution >= 4 is 17.3 Å². The van der Waals surface area contributed by atoms with Crippen molar-refractivity contribution < 1.29 is 19.0 Å². The molecule has 7 nitrogen and oxygen atoms in total. The molecular formula is C23H37N3O4. The summed E-state index contributed by atoms with van der Waals surface area (Å²) in [6, 6.07) is 3.67. The first-order valence-corrected chi connectivity index (χ1v) is 11.3.